The van der Waals surface area contributed by atoms with Crippen LogP contribution in [0.15, 0.2) is 54.6 Å². The van der Waals surface area contributed by atoms with Crippen molar-refractivity contribution in [1.29, 1.82) is 0 Å². The molecule has 2 aromatic carbocycles. The summed E-state index contributed by atoms with van der Waals surface area (Å²) in [6, 6.07) is 14.4. The lowest BCUT2D eigenvalue weighted by Crippen LogP contribution is -2.20. The molecule has 0 saturated carbocycles. The highest BCUT2D eigenvalue weighted by Gasteiger charge is 2.13. The molecule has 132 valence electrons. The van der Waals surface area contributed by atoms with Gasteiger partial charge < -0.3 is 15.2 Å². The first-order chi connectivity index (χ1) is 12.0. The Morgan fingerprint density at radius 2 is 1.64 bits per heavy atom. The zero-order chi connectivity index (χ0) is 18.1. The van der Waals surface area contributed by atoms with Crippen LogP contribution >= 0.6 is 0 Å². The predicted molar refractivity (Wildman–Crippen MR) is 89.8 cm³/mol. The monoisotopic (exact) mass is 345 g/mol. The van der Waals surface area contributed by atoms with Gasteiger partial charge in [0.05, 0.1) is 18.9 Å². The van der Waals surface area contributed by atoms with Crippen LogP contribution in [0.2, 0.25) is 0 Å². The summed E-state index contributed by atoms with van der Waals surface area (Å²) in [5, 5.41) is 0. The topological polar surface area (TPSA) is 78.6 Å². The molecule has 0 aliphatic heterocycles. The van der Waals surface area contributed by atoms with Crippen molar-refractivity contribution in [2.75, 3.05) is 6.61 Å². The molecule has 0 aliphatic rings. The third kappa shape index (κ3) is 6.73. The number of nitrogens with two attached hydrogens (primary N) is 1. The van der Waals surface area contributed by atoms with Gasteiger partial charge in [-0.15, -0.1) is 0 Å². The minimum absolute atomic E-state index is 0.0686. The largest absolute Gasteiger partial charge is 0.464 e. The average Bonchev–Trinajstić information content (AvgIpc) is 2.63. The van der Waals surface area contributed by atoms with E-state index >= 15 is 0 Å². The van der Waals surface area contributed by atoms with E-state index in [1.165, 1.54) is 18.2 Å². The van der Waals surface area contributed by atoms with Crippen molar-refractivity contribution < 1.29 is 23.5 Å². The summed E-state index contributed by atoms with van der Waals surface area (Å²) in [6.07, 6.45) is -0.162. The fourth-order valence-electron chi connectivity index (χ4n) is 2.10. The van der Waals surface area contributed by atoms with Gasteiger partial charge in [0, 0.05) is 0 Å². The van der Waals surface area contributed by atoms with Crippen molar-refractivity contribution in [3.63, 3.8) is 0 Å². The van der Waals surface area contributed by atoms with Crippen molar-refractivity contribution in [3.05, 3.63) is 71.5 Å². The molecule has 25 heavy (non-hydrogen) atoms. The van der Waals surface area contributed by atoms with Crippen molar-refractivity contribution in [2.45, 2.75) is 25.5 Å². The van der Waals surface area contributed by atoms with Gasteiger partial charge in [0.1, 0.15) is 19.0 Å². The average molecular weight is 345 g/mol. The first kappa shape index (κ1) is 18.6. The molecule has 0 radical (unpaired) electrons. The molecule has 0 saturated heterocycles. The molecule has 1 unspecified atom stereocenters. The lowest BCUT2D eigenvalue weighted by Gasteiger charge is -2.12. The van der Waals surface area contributed by atoms with Crippen LogP contribution in [0.4, 0.5) is 4.39 Å². The number of hydrogen-bond acceptors (Lipinski definition) is 5. The maximum absolute atomic E-state index is 13.1. The second-order valence-corrected chi connectivity index (χ2v) is 5.49. The van der Waals surface area contributed by atoms with E-state index in [1.54, 1.807) is 6.07 Å². The van der Waals surface area contributed by atoms with Gasteiger partial charge in [0.15, 0.2) is 0 Å². The summed E-state index contributed by atoms with van der Waals surface area (Å²) in [7, 11) is 0. The van der Waals surface area contributed by atoms with Crippen LogP contribution in [0.1, 0.15) is 30.0 Å². The Bertz CT molecular complexity index is 706. The van der Waals surface area contributed by atoms with Gasteiger partial charge in [-0.25, -0.2) is 4.39 Å². The molecule has 0 aliphatic carbocycles. The Morgan fingerprint density at radius 1 is 0.960 bits per heavy atom. The summed E-state index contributed by atoms with van der Waals surface area (Å²) >= 11 is 0. The second-order valence-electron chi connectivity index (χ2n) is 5.49. The third-order valence-electron chi connectivity index (χ3n) is 3.48. The Morgan fingerprint density at radius 3 is 2.32 bits per heavy atom. The van der Waals surface area contributed by atoms with Crippen LogP contribution < -0.4 is 5.73 Å². The van der Waals surface area contributed by atoms with Gasteiger partial charge in [-0.1, -0.05) is 42.5 Å². The van der Waals surface area contributed by atoms with E-state index in [0.29, 0.717) is 5.56 Å². The van der Waals surface area contributed by atoms with Crippen LogP contribution in [0.3, 0.4) is 0 Å². The smallest absolute Gasteiger partial charge is 0.306 e. The molecule has 0 fully saturated rings. The molecule has 2 aromatic rings. The minimum atomic E-state index is -0.621. The Balaban J connectivity index is 1.65. The second kappa shape index (κ2) is 9.54. The van der Waals surface area contributed by atoms with Crippen LogP contribution in [0.25, 0.3) is 0 Å². The molecule has 0 heterocycles. The maximum atomic E-state index is 13.1. The summed E-state index contributed by atoms with van der Waals surface area (Å²) < 4.78 is 23.2. The van der Waals surface area contributed by atoms with Crippen LogP contribution in [0.5, 0.6) is 0 Å². The number of rotatable bonds is 8. The van der Waals surface area contributed by atoms with Crippen molar-refractivity contribution >= 4 is 11.9 Å². The zero-order valence-corrected chi connectivity index (χ0v) is 13.7. The normalized spacial score (nSPS) is 11.6. The number of ether oxygens (including phenoxy) is 2. The van der Waals surface area contributed by atoms with Crippen molar-refractivity contribution in [1.82, 2.24) is 0 Å². The third-order valence-corrected chi connectivity index (χ3v) is 3.48. The Kier molecular flexibility index (Phi) is 7.10. The van der Waals surface area contributed by atoms with Crippen LogP contribution in [0, 0.1) is 5.82 Å². The SMILES string of the molecule is NC(COC(=O)CCC(=O)OCc1ccccc1)c1cccc(F)c1. The number of carbonyl (C=O) groups excluding carboxylic acids is 2. The van der Waals surface area contributed by atoms with Gasteiger partial charge in [-0.05, 0) is 23.3 Å². The van der Waals surface area contributed by atoms with Crippen molar-refractivity contribution in [2.24, 2.45) is 5.73 Å². The van der Waals surface area contributed by atoms with E-state index in [4.69, 9.17) is 15.2 Å². The molecular weight excluding hydrogens is 325 g/mol. The van der Waals surface area contributed by atoms with Crippen molar-refractivity contribution in [3.8, 4) is 0 Å². The molecule has 0 aromatic heterocycles. The fourth-order valence-corrected chi connectivity index (χ4v) is 2.10. The lowest BCUT2D eigenvalue weighted by molar-refractivity contribution is -0.151. The fraction of sp³-hybridized carbons (Fsp3) is 0.263. The molecular formula is C19H20FNO4. The lowest BCUT2D eigenvalue weighted by atomic mass is 10.1. The van der Waals surface area contributed by atoms with E-state index < -0.39 is 23.8 Å². The minimum Gasteiger partial charge on any atom is -0.464 e. The highest BCUT2D eigenvalue weighted by molar-refractivity contribution is 5.77. The number of carbonyl (C=O) groups is 2. The number of benzene rings is 2. The first-order valence-electron chi connectivity index (χ1n) is 7.91. The van der Waals surface area contributed by atoms with E-state index in [9.17, 15) is 14.0 Å². The van der Waals surface area contributed by atoms with Gasteiger partial charge >= 0.3 is 11.9 Å². The van der Waals surface area contributed by atoms with E-state index in [1.807, 2.05) is 30.3 Å². The number of hydrogen-bond donors (Lipinski definition) is 1. The highest BCUT2D eigenvalue weighted by Crippen LogP contribution is 2.12. The molecule has 2 rings (SSSR count). The summed E-state index contributed by atoms with van der Waals surface area (Å²) in [5.41, 5.74) is 7.26. The van der Waals surface area contributed by atoms with E-state index in [0.717, 1.165) is 5.56 Å². The zero-order valence-electron chi connectivity index (χ0n) is 13.7. The molecule has 1 atom stereocenters. The Labute approximate surface area is 145 Å². The van der Waals surface area contributed by atoms with E-state index in [-0.39, 0.29) is 26.1 Å². The molecule has 5 nitrogen and oxygen atoms in total. The summed E-state index contributed by atoms with van der Waals surface area (Å²) in [4.78, 5) is 23.3. The molecule has 0 amide bonds. The van der Waals surface area contributed by atoms with Gasteiger partial charge in [-0.3, -0.25) is 9.59 Å². The quantitative estimate of drug-likeness (QED) is 0.744. The predicted octanol–water partition coefficient (Wildman–Crippen LogP) is 2.89. The van der Waals surface area contributed by atoms with Gasteiger partial charge in [0.25, 0.3) is 0 Å². The summed E-state index contributed by atoms with van der Waals surface area (Å²) in [6.45, 7) is 0.0838. The Hall–Kier alpha value is -2.73. The standard InChI is InChI=1S/C19H20FNO4/c20-16-8-4-7-15(11-16)17(21)13-25-19(23)10-9-18(22)24-12-14-5-2-1-3-6-14/h1-8,11,17H,9-10,12-13,21H2. The maximum Gasteiger partial charge on any atom is 0.306 e. The number of halogens is 1. The van der Waals surface area contributed by atoms with E-state index in [2.05, 4.69) is 0 Å². The van der Waals surface area contributed by atoms with Crippen LogP contribution in [-0.2, 0) is 25.7 Å². The van der Waals surface area contributed by atoms with Crippen LogP contribution in [-0.4, -0.2) is 18.5 Å². The molecule has 0 bridgehead atoms. The highest BCUT2D eigenvalue weighted by atomic mass is 19.1. The molecule has 2 N–H and O–H groups in total. The van der Waals surface area contributed by atoms with Gasteiger partial charge in [-0.2, -0.15) is 0 Å². The molecule has 0 spiro atoms. The first-order valence-corrected chi connectivity index (χ1v) is 7.91. The summed E-state index contributed by atoms with van der Waals surface area (Å²) in [5.74, 6) is -1.43. The van der Waals surface area contributed by atoms with Gasteiger partial charge in [0.2, 0.25) is 0 Å². The molecule has 6 heteroatoms. The number of esters is 2.